The summed E-state index contributed by atoms with van der Waals surface area (Å²) in [5.74, 6) is 0.550. The molecular formula is C16H24N2. The Morgan fingerprint density at radius 1 is 1.28 bits per heavy atom. The Balaban J connectivity index is 2.54. The second-order valence-electron chi connectivity index (χ2n) is 5.26. The first-order valence-electron chi connectivity index (χ1n) is 6.95. The number of aromatic amines is 1. The van der Waals surface area contributed by atoms with Crippen LogP contribution in [0, 0.1) is 0 Å². The average molecular weight is 244 g/mol. The van der Waals surface area contributed by atoms with Crippen LogP contribution in [0.3, 0.4) is 0 Å². The molecule has 0 aliphatic heterocycles. The van der Waals surface area contributed by atoms with E-state index in [4.69, 9.17) is 0 Å². The number of benzene rings is 1. The van der Waals surface area contributed by atoms with E-state index < -0.39 is 0 Å². The van der Waals surface area contributed by atoms with Crippen LogP contribution >= 0.6 is 0 Å². The number of H-pyrrole nitrogens is 1. The van der Waals surface area contributed by atoms with E-state index in [0.29, 0.717) is 5.92 Å². The summed E-state index contributed by atoms with van der Waals surface area (Å²) in [5.41, 5.74) is 5.59. The van der Waals surface area contributed by atoms with Crippen LogP contribution in [0.1, 0.15) is 43.5 Å². The lowest BCUT2D eigenvalue weighted by Crippen LogP contribution is -2.11. The largest absolute Gasteiger partial charge is 0.358 e. The Morgan fingerprint density at radius 2 is 2.06 bits per heavy atom. The van der Waals surface area contributed by atoms with Crippen molar-refractivity contribution in [1.82, 2.24) is 10.3 Å². The molecule has 2 N–H and O–H groups in total. The lowest BCUT2D eigenvalue weighted by Gasteiger charge is -2.07. The van der Waals surface area contributed by atoms with Crippen molar-refractivity contribution in [2.24, 2.45) is 0 Å². The number of aryl methyl sites for hydroxylation is 1. The highest BCUT2D eigenvalue weighted by Gasteiger charge is 2.13. The van der Waals surface area contributed by atoms with Crippen LogP contribution in [0.4, 0.5) is 0 Å². The minimum atomic E-state index is 0.550. The number of rotatable bonds is 5. The van der Waals surface area contributed by atoms with Gasteiger partial charge in [-0.15, -0.1) is 0 Å². The first-order valence-corrected chi connectivity index (χ1v) is 6.95. The fourth-order valence-electron chi connectivity index (χ4n) is 2.55. The third kappa shape index (κ3) is 2.44. The molecule has 18 heavy (non-hydrogen) atoms. The third-order valence-electron chi connectivity index (χ3n) is 3.61. The zero-order chi connectivity index (χ0) is 13.1. The quantitative estimate of drug-likeness (QED) is 0.826. The maximum atomic E-state index is 3.60. The standard InChI is InChI=1S/C16H24N2/c1-5-12-6-7-15-14(10-12)13(8-9-17-4)16(18-15)11(2)3/h6-7,10-11,17-18H,5,8-9H2,1-4H3. The molecule has 1 heterocycles. The summed E-state index contributed by atoms with van der Waals surface area (Å²) in [5, 5.41) is 4.66. The van der Waals surface area contributed by atoms with Gasteiger partial charge in [0.15, 0.2) is 0 Å². The van der Waals surface area contributed by atoms with Gasteiger partial charge in [-0.25, -0.2) is 0 Å². The molecular weight excluding hydrogens is 220 g/mol. The van der Waals surface area contributed by atoms with Gasteiger partial charge in [0.25, 0.3) is 0 Å². The predicted molar refractivity (Wildman–Crippen MR) is 79.4 cm³/mol. The van der Waals surface area contributed by atoms with Gasteiger partial charge in [0, 0.05) is 16.6 Å². The predicted octanol–water partition coefficient (Wildman–Crippen LogP) is 3.62. The van der Waals surface area contributed by atoms with Gasteiger partial charge in [0.05, 0.1) is 0 Å². The Hall–Kier alpha value is -1.28. The zero-order valence-corrected chi connectivity index (χ0v) is 11.9. The lowest BCUT2D eigenvalue weighted by molar-refractivity contribution is 0.764. The van der Waals surface area contributed by atoms with Crippen molar-refractivity contribution in [1.29, 1.82) is 0 Å². The highest BCUT2D eigenvalue weighted by atomic mass is 14.8. The van der Waals surface area contributed by atoms with E-state index in [-0.39, 0.29) is 0 Å². The molecule has 0 aliphatic carbocycles. The van der Waals surface area contributed by atoms with Crippen molar-refractivity contribution < 1.29 is 0 Å². The highest BCUT2D eigenvalue weighted by Crippen LogP contribution is 2.28. The van der Waals surface area contributed by atoms with Crippen LogP contribution in [0.5, 0.6) is 0 Å². The summed E-state index contributed by atoms with van der Waals surface area (Å²) < 4.78 is 0. The monoisotopic (exact) mass is 244 g/mol. The topological polar surface area (TPSA) is 27.8 Å². The van der Waals surface area contributed by atoms with E-state index in [1.54, 1.807) is 0 Å². The normalized spacial score (nSPS) is 11.6. The van der Waals surface area contributed by atoms with Crippen LogP contribution < -0.4 is 5.32 Å². The summed E-state index contributed by atoms with van der Waals surface area (Å²) in [7, 11) is 2.02. The zero-order valence-electron chi connectivity index (χ0n) is 11.9. The molecule has 0 bridgehead atoms. The Labute approximate surface area is 110 Å². The molecule has 0 fully saturated rings. The Bertz CT molecular complexity index is 523. The van der Waals surface area contributed by atoms with Crippen molar-refractivity contribution in [3.05, 3.63) is 35.0 Å². The SMILES string of the molecule is CCc1ccc2[nH]c(C(C)C)c(CCNC)c2c1. The van der Waals surface area contributed by atoms with Gasteiger partial charge in [-0.2, -0.15) is 0 Å². The summed E-state index contributed by atoms with van der Waals surface area (Å²) >= 11 is 0. The van der Waals surface area contributed by atoms with Crippen molar-refractivity contribution >= 4 is 10.9 Å². The molecule has 0 saturated heterocycles. The second kappa shape index (κ2) is 5.57. The van der Waals surface area contributed by atoms with Crippen LogP contribution in [-0.4, -0.2) is 18.6 Å². The molecule has 0 saturated carbocycles. The smallest absolute Gasteiger partial charge is 0.0459 e. The summed E-state index contributed by atoms with van der Waals surface area (Å²) in [6.07, 6.45) is 2.20. The first-order chi connectivity index (χ1) is 8.67. The second-order valence-corrected chi connectivity index (χ2v) is 5.26. The maximum absolute atomic E-state index is 3.60. The minimum Gasteiger partial charge on any atom is -0.358 e. The Morgan fingerprint density at radius 3 is 2.67 bits per heavy atom. The molecule has 2 heteroatoms. The molecule has 0 spiro atoms. The molecule has 2 aromatic rings. The van der Waals surface area contributed by atoms with Gasteiger partial charge >= 0.3 is 0 Å². The van der Waals surface area contributed by atoms with Crippen molar-refractivity contribution in [3.63, 3.8) is 0 Å². The van der Waals surface area contributed by atoms with Crippen molar-refractivity contribution in [2.45, 2.75) is 39.5 Å². The summed E-state index contributed by atoms with van der Waals surface area (Å²) in [6, 6.07) is 6.80. The molecule has 0 radical (unpaired) electrons. The number of likely N-dealkylation sites (N-methyl/N-ethyl adjacent to an activating group) is 1. The van der Waals surface area contributed by atoms with Crippen molar-refractivity contribution in [2.75, 3.05) is 13.6 Å². The molecule has 0 atom stereocenters. The van der Waals surface area contributed by atoms with Crippen molar-refractivity contribution in [3.8, 4) is 0 Å². The van der Waals surface area contributed by atoms with E-state index in [1.165, 1.54) is 27.7 Å². The molecule has 98 valence electrons. The molecule has 0 aliphatic rings. The number of fused-ring (bicyclic) bond motifs is 1. The molecule has 0 amide bonds. The van der Waals surface area contributed by atoms with Gasteiger partial charge in [0.2, 0.25) is 0 Å². The van der Waals surface area contributed by atoms with Crippen LogP contribution in [0.25, 0.3) is 10.9 Å². The lowest BCUT2D eigenvalue weighted by atomic mass is 9.99. The van der Waals surface area contributed by atoms with Gasteiger partial charge in [-0.05, 0) is 55.6 Å². The molecule has 0 unspecified atom stereocenters. The molecule has 2 nitrogen and oxygen atoms in total. The van der Waals surface area contributed by atoms with E-state index in [0.717, 1.165) is 19.4 Å². The van der Waals surface area contributed by atoms with Crippen LogP contribution in [0.15, 0.2) is 18.2 Å². The Kier molecular flexibility index (Phi) is 4.07. The summed E-state index contributed by atoms with van der Waals surface area (Å²) in [4.78, 5) is 3.60. The minimum absolute atomic E-state index is 0.550. The first kappa shape index (κ1) is 13.2. The van der Waals surface area contributed by atoms with E-state index in [1.807, 2.05) is 7.05 Å². The number of aromatic nitrogens is 1. The van der Waals surface area contributed by atoms with E-state index >= 15 is 0 Å². The molecule has 2 rings (SSSR count). The number of hydrogen-bond donors (Lipinski definition) is 2. The third-order valence-corrected chi connectivity index (χ3v) is 3.61. The highest BCUT2D eigenvalue weighted by molar-refractivity contribution is 5.85. The number of nitrogens with one attached hydrogen (secondary N) is 2. The molecule has 1 aromatic carbocycles. The van der Waals surface area contributed by atoms with Gasteiger partial charge in [0.1, 0.15) is 0 Å². The fraction of sp³-hybridized carbons (Fsp3) is 0.500. The van der Waals surface area contributed by atoms with Gasteiger partial charge in [-0.3, -0.25) is 0 Å². The van der Waals surface area contributed by atoms with Crippen LogP contribution in [-0.2, 0) is 12.8 Å². The van der Waals surface area contributed by atoms with E-state index in [2.05, 4.69) is 49.3 Å². The molecule has 1 aromatic heterocycles. The maximum Gasteiger partial charge on any atom is 0.0459 e. The van der Waals surface area contributed by atoms with E-state index in [9.17, 15) is 0 Å². The average Bonchev–Trinajstić information content (AvgIpc) is 2.74. The van der Waals surface area contributed by atoms with Gasteiger partial charge < -0.3 is 10.3 Å². The summed E-state index contributed by atoms with van der Waals surface area (Å²) in [6.45, 7) is 7.76. The fourth-order valence-corrected chi connectivity index (χ4v) is 2.55. The number of hydrogen-bond acceptors (Lipinski definition) is 1. The van der Waals surface area contributed by atoms with Gasteiger partial charge in [-0.1, -0.05) is 26.8 Å². The van der Waals surface area contributed by atoms with Crippen LogP contribution in [0.2, 0.25) is 0 Å².